The van der Waals surface area contributed by atoms with E-state index < -0.39 is 24.8 Å². The van der Waals surface area contributed by atoms with Gasteiger partial charge in [0.15, 0.2) is 12.7 Å². The van der Waals surface area contributed by atoms with Gasteiger partial charge in [0.1, 0.15) is 17.6 Å². The van der Waals surface area contributed by atoms with Gasteiger partial charge in [-0.1, -0.05) is 23.7 Å². The van der Waals surface area contributed by atoms with Gasteiger partial charge in [0.05, 0.1) is 11.3 Å². The number of halogens is 4. The van der Waals surface area contributed by atoms with Gasteiger partial charge in [-0.2, -0.15) is 18.4 Å². The molecule has 0 saturated heterocycles. The van der Waals surface area contributed by atoms with Crippen molar-refractivity contribution in [2.75, 3.05) is 11.9 Å². The summed E-state index contributed by atoms with van der Waals surface area (Å²) in [5.74, 6) is -0.626. The van der Waals surface area contributed by atoms with Crippen molar-refractivity contribution in [2.24, 2.45) is 0 Å². The monoisotopic (exact) mass is 398 g/mol. The third kappa shape index (κ3) is 6.08. The summed E-state index contributed by atoms with van der Waals surface area (Å²) in [7, 11) is 0. The summed E-state index contributed by atoms with van der Waals surface area (Å²) in [4.78, 5) is 12.3. The molecule has 142 valence electrons. The lowest BCUT2D eigenvalue weighted by Crippen LogP contribution is -2.30. The summed E-state index contributed by atoms with van der Waals surface area (Å²) in [5.41, 5.74) is 0.217. The number of anilines is 1. The predicted octanol–water partition coefficient (Wildman–Crippen LogP) is 4.56. The number of benzene rings is 2. The van der Waals surface area contributed by atoms with Gasteiger partial charge in [-0.3, -0.25) is 4.79 Å². The zero-order valence-corrected chi connectivity index (χ0v) is 14.8. The highest BCUT2D eigenvalue weighted by molar-refractivity contribution is 6.31. The summed E-state index contributed by atoms with van der Waals surface area (Å²) in [5, 5.41) is 11.7. The van der Waals surface area contributed by atoms with Crippen LogP contribution in [0, 0.1) is 11.3 Å². The van der Waals surface area contributed by atoms with E-state index in [1.165, 1.54) is 37.3 Å². The fourth-order valence-corrected chi connectivity index (χ4v) is 2.20. The van der Waals surface area contributed by atoms with Crippen molar-refractivity contribution in [2.45, 2.75) is 19.2 Å². The summed E-state index contributed by atoms with van der Waals surface area (Å²) in [6, 6.07) is 12.1. The average Bonchev–Trinajstić information content (AvgIpc) is 2.60. The Bertz CT molecular complexity index is 866. The fraction of sp³-hybridized carbons (Fsp3) is 0.222. The number of rotatable bonds is 6. The van der Waals surface area contributed by atoms with Crippen LogP contribution in [-0.4, -0.2) is 24.8 Å². The Kier molecular flexibility index (Phi) is 6.53. The van der Waals surface area contributed by atoms with E-state index in [0.717, 1.165) is 0 Å². The van der Waals surface area contributed by atoms with Crippen molar-refractivity contribution >= 4 is 23.2 Å². The average molecular weight is 399 g/mol. The normalized spacial score (nSPS) is 12.0. The minimum Gasteiger partial charge on any atom is -0.482 e. The summed E-state index contributed by atoms with van der Waals surface area (Å²) < 4.78 is 47.3. The Labute approximate surface area is 158 Å². The second kappa shape index (κ2) is 8.64. The molecule has 9 heteroatoms. The number of para-hydroxylation sites is 1. The first kappa shape index (κ1) is 20.4. The molecule has 1 unspecified atom stereocenters. The molecule has 0 aliphatic carbocycles. The Morgan fingerprint density at radius 3 is 2.63 bits per heavy atom. The lowest BCUT2D eigenvalue weighted by Gasteiger charge is -2.18. The first-order chi connectivity index (χ1) is 12.7. The number of alkyl halides is 3. The van der Waals surface area contributed by atoms with E-state index >= 15 is 0 Å². The largest absolute Gasteiger partial charge is 0.482 e. The molecule has 1 amide bonds. The molecule has 0 aromatic heterocycles. The molecule has 5 nitrogen and oxygen atoms in total. The van der Waals surface area contributed by atoms with Crippen molar-refractivity contribution < 1.29 is 27.4 Å². The highest BCUT2D eigenvalue weighted by atomic mass is 35.5. The van der Waals surface area contributed by atoms with Crippen LogP contribution in [0.25, 0.3) is 0 Å². The molecule has 2 rings (SSSR count). The minimum absolute atomic E-state index is 0.0271. The number of amides is 1. The van der Waals surface area contributed by atoms with E-state index in [4.69, 9.17) is 26.3 Å². The van der Waals surface area contributed by atoms with Crippen LogP contribution in [0.1, 0.15) is 12.5 Å². The second-order valence-electron chi connectivity index (χ2n) is 5.40. The predicted molar refractivity (Wildman–Crippen MR) is 92.9 cm³/mol. The Hall–Kier alpha value is -2.92. The molecule has 2 aromatic rings. The van der Waals surface area contributed by atoms with Crippen LogP contribution >= 0.6 is 11.6 Å². The maximum Gasteiger partial charge on any atom is 0.422 e. The third-order valence-electron chi connectivity index (χ3n) is 3.27. The molecule has 0 fully saturated rings. The van der Waals surface area contributed by atoms with E-state index in [9.17, 15) is 18.0 Å². The topological polar surface area (TPSA) is 71.3 Å². The van der Waals surface area contributed by atoms with E-state index in [1.54, 1.807) is 12.1 Å². The maximum absolute atomic E-state index is 12.4. The molecule has 0 saturated carbocycles. The molecule has 1 atom stereocenters. The zero-order chi connectivity index (χ0) is 20.0. The van der Waals surface area contributed by atoms with Gasteiger partial charge in [-0.25, -0.2) is 0 Å². The molecular weight excluding hydrogens is 385 g/mol. The van der Waals surface area contributed by atoms with Gasteiger partial charge in [0.2, 0.25) is 0 Å². The standard InChI is InChI=1S/C18H14ClF3N2O3/c1-11(27-15-5-3-2-4-12(15)9-23)17(25)24-14-8-13(19)6-7-16(14)26-10-18(20,21)22/h2-8,11H,10H2,1H3,(H,24,25). The highest BCUT2D eigenvalue weighted by Gasteiger charge is 2.29. The number of nitriles is 1. The van der Waals surface area contributed by atoms with Gasteiger partial charge in [0.25, 0.3) is 5.91 Å². The van der Waals surface area contributed by atoms with E-state index in [2.05, 4.69) is 5.32 Å². The first-order valence-electron chi connectivity index (χ1n) is 7.65. The lowest BCUT2D eigenvalue weighted by atomic mass is 10.2. The number of nitrogens with one attached hydrogen (secondary N) is 1. The van der Waals surface area contributed by atoms with Crippen molar-refractivity contribution in [3.05, 3.63) is 53.1 Å². The third-order valence-corrected chi connectivity index (χ3v) is 3.51. The Morgan fingerprint density at radius 2 is 1.96 bits per heavy atom. The van der Waals surface area contributed by atoms with Gasteiger partial charge in [-0.15, -0.1) is 0 Å². The summed E-state index contributed by atoms with van der Waals surface area (Å²) in [6.45, 7) is -0.0800. The Balaban J connectivity index is 2.12. The molecule has 0 bridgehead atoms. The van der Waals surface area contributed by atoms with Gasteiger partial charge in [-0.05, 0) is 37.3 Å². The number of hydrogen-bond acceptors (Lipinski definition) is 4. The molecule has 0 aliphatic heterocycles. The van der Waals surface area contributed by atoms with Crippen molar-refractivity contribution in [3.8, 4) is 17.6 Å². The number of carbonyl (C=O) groups excluding carboxylic acids is 1. The number of nitrogens with zero attached hydrogens (tertiary/aromatic N) is 1. The van der Waals surface area contributed by atoms with Crippen LogP contribution in [-0.2, 0) is 4.79 Å². The molecule has 0 radical (unpaired) electrons. The quantitative estimate of drug-likeness (QED) is 0.774. The summed E-state index contributed by atoms with van der Waals surface area (Å²) in [6.07, 6.45) is -5.56. The lowest BCUT2D eigenvalue weighted by molar-refractivity contribution is -0.153. The maximum atomic E-state index is 12.4. The van der Waals surface area contributed by atoms with Crippen LogP contribution in [0.4, 0.5) is 18.9 Å². The highest BCUT2D eigenvalue weighted by Crippen LogP contribution is 2.30. The molecule has 0 heterocycles. The van der Waals surface area contributed by atoms with Gasteiger partial charge in [0, 0.05) is 5.02 Å². The Morgan fingerprint density at radius 1 is 1.26 bits per heavy atom. The SMILES string of the molecule is CC(Oc1ccccc1C#N)C(=O)Nc1cc(Cl)ccc1OCC(F)(F)F. The van der Waals surface area contributed by atoms with Crippen LogP contribution < -0.4 is 14.8 Å². The van der Waals surface area contributed by atoms with E-state index in [1.807, 2.05) is 6.07 Å². The molecule has 1 N–H and O–H groups in total. The van der Waals surface area contributed by atoms with Crippen molar-refractivity contribution in [1.82, 2.24) is 0 Å². The molecule has 0 spiro atoms. The minimum atomic E-state index is -4.53. The van der Waals surface area contributed by atoms with Gasteiger partial charge >= 0.3 is 6.18 Å². The van der Waals surface area contributed by atoms with Crippen molar-refractivity contribution in [3.63, 3.8) is 0 Å². The van der Waals surface area contributed by atoms with Crippen LogP contribution in [0.15, 0.2) is 42.5 Å². The molecule has 0 aliphatic rings. The molecule has 27 heavy (non-hydrogen) atoms. The second-order valence-corrected chi connectivity index (χ2v) is 5.84. The zero-order valence-electron chi connectivity index (χ0n) is 14.0. The van der Waals surface area contributed by atoms with Crippen molar-refractivity contribution in [1.29, 1.82) is 5.26 Å². The van der Waals surface area contributed by atoms with Crippen LogP contribution in [0.3, 0.4) is 0 Å². The van der Waals surface area contributed by atoms with Gasteiger partial charge < -0.3 is 14.8 Å². The van der Waals surface area contributed by atoms with E-state index in [0.29, 0.717) is 0 Å². The number of hydrogen-bond donors (Lipinski definition) is 1. The van der Waals surface area contributed by atoms with Crippen LogP contribution in [0.5, 0.6) is 11.5 Å². The molecule has 2 aromatic carbocycles. The summed E-state index contributed by atoms with van der Waals surface area (Å²) >= 11 is 5.84. The first-order valence-corrected chi connectivity index (χ1v) is 8.03. The van der Waals surface area contributed by atoms with Crippen LogP contribution in [0.2, 0.25) is 5.02 Å². The fourth-order valence-electron chi connectivity index (χ4n) is 2.03. The number of ether oxygens (including phenoxy) is 2. The number of carbonyl (C=O) groups is 1. The van der Waals surface area contributed by atoms with E-state index in [-0.39, 0.29) is 27.8 Å². The smallest absolute Gasteiger partial charge is 0.422 e. The molecular formula is C18H14ClF3N2O3.